The van der Waals surface area contributed by atoms with Crippen molar-refractivity contribution in [2.75, 3.05) is 19.6 Å². The number of hydrogen-bond donors (Lipinski definition) is 2. The number of rotatable bonds is 9. The molecule has 0 bridgehead atoms. The van der Waals surface area contributed by atoms with Crippen LogP contribution in [-0.4, -0.2) is 42.0 Å². The molecule has 1 fully saturated rings. The third-order valence-electron chi connectivity index (χ3n) is 4.78. The molecule has 3 N–H and O–H groups in total. The molecule has 0 spiro atoms. The van der Waals surface area contributed by atoms with Gasteiger partial charge in [0.15, 0.2) is 0 Å². The van der Waals surface area contributed by atoms with Gasteiger partial charge >= 0.3 is 0 Å². The van der Waals surface area contributed by atoms with Gasteiger partial charge in [-0.1, -0.05) is 33.1 Å². The number of carbonyl (C=O) groups excluding carboxylic acids is 1. The van der Waals surface area contributed by atoms with E-state index in [1.165, 1.54) is 19.3 Å². The second-order valence-electron chi connectivity index (χ2n) is 6.74. The molecule has 1 saturated carbocycles. The number of nitrogens with one attached hydrogen (secondary N) is 1. The largest absolute Gasteiger partial charge is 0.354 e. The molecule has 4 heteroatoms. The highest BCUT2D eigenvalue weighted by molar-refractivity contribution is 5.77. The fraction of sp³-hybridized carbons (Fsp3) is 0.941. The average Bonchev–Trinajstić information content (AvgIpc) is 2.43. The van der Waals surface area contributed by atoms with Crippen LogP contribution < -0.4 is 11.1 Å². The lowest BCUT2D eigenvalue weighted by Gasteiger charge is -2.33. The maximum absolute atomic E-state index is 12.1. The van der Waals surface area contributed by atoms with Crippen LogP contribution in [0.3, 0.4) is 0 Å². The third kappa shape index (κ3) is 7.28. The van der Waals surface area contributed by atoms with E-state index in [2.05, 4.69) is 31.0 Å². The molecule has 0 radical (unpaired) electrons. The lowest BCUT2D eigenvalue weighted by Crippen LogP contribution is -2.47. The third-order valence-corrected chi connectivity index (χ3v) is 4.78. The summed E-state index contributed by atoms with van der Waals surface area (Å²) >= 11 is 0. The Bertz CT molecular complexity index is 296. The van der Waals surface area contributed by atoms with Crippen molar-refractivity contribution in [3.8, 4) is 0 Å². The summed E-state index contributed by atoms with van der Waals surface area (Å²) in [6.07, 6.45) is 8.27. The number of hydrogen-bond acceptors (Lipinski definition) is 3. The smallest absolute Gasteiger partial charge is 0.222 e. The van der Waals surface area contributed by atoms with Crippen LogP contribution in [0.15, 0.2) is 0 Å². The molecule has 124 valence electrons. The predicted octanol–water partition coefficient (Wildman–Crippen LogP) is 2.66. The molecule has 1 unspecified atom stereocenters. The van der Waals surface area contributed by atoms with Crippen molar-refractivity contribution in [1.82, 2.24) is 10.2 Å². The van der Waals surface area contributed by atoms with Gasteiger partial charge in [0, 0.05) is 18.0 Å². The van der Waals surface area contributed by atoms with Gasteiger partial charge in [0.25, 0.3) is 0 Å². The second-order valence-corrected chi connectivity index (χ2v) is 6.74. The molecular formula is C17H35N3O. The van der Waals surface area contributed by atoms with Gasteiger partial charge in [-0.3, -0.25) is 4.79 Å². The number of nitrogens with zero attached hydrogens (tertiary/aromatic N) is 1. The number of carbonyl (C=O) groups is 1. The summed E-state index contributed by atoms with van der Waals surface area (Å²) < 4.78 is 0. The minimum absolute atomic E-state index is 0.134. The van der Waals surface area contributed by atoms with E-state index >= 15 is 0 Å². The standard InChI is InChI=1S/C17H35N3O/c1-4-20(5-2)13-9-10-15(3)19-16(21)14-17(18)11-7-6-8-12-17/h15H,4-14,18H2,1-3H3,(H,19,21). The maximum Gasteiger partial charge on any atom is 0.222 e. The van der Waals surface area contributed by atoms with Gasteiger partial charge < -0.3 is 16.0 Å². The van der Waals surface area contributed by atoms with Crippen molar-refractivity contribution in [1.29, 1.82) is 0 Å². The Hall–Kier alpha value is -0.610. The first-order chi connectivity index (χ1) is 9.99. The van der Waals surface area contributed by atoms with Gasteiger partial charge in [-0.25, -0.2) is 0 Å². The van der Waals surface area contributed by atoms with Crippen molar-refractivity contribution in [3.05, 3.63) is 0 Å². The Labute approximate surface area is 130 Å². The number of amides is 1. The monoisotopic (exact) mass is 297 g/mol. The topological polar surface area (TPSA) is 58.4 Å². The van der Waals surface area contributed by atoms with E-state index in [0.717, 1.165) is 45.3 Å². The fourth-order valence-electron chi connectivity index (χ4n) is 3.31. The van der Waals surface area contributed by atoms with Gasteiger partial charge in [0.05, 0.1) is 0 Å². The zero-order valence-electron chi connectivity index (χ0n) is 14.3. The predicted molar refractivity (Wildman–Crippen MR) is 89.2 cm³/mol. The van der Waals surface area contributed by atoms with Crippen molar-refractivity contribution >= 4 is 5.91 Å². The SMILES string of the molecule is CCN(CC)CCCC(C)NC(=O)CC1(N)CCCCC1. The highest BCUT2D eigenvalue weighted by Crippen LogP contribution is 2.28. The first kappa shape index (κ1) is 18.4. The molecule has 4 nitrogen and oxygen atoms in total. The van der Waals surface area contributed by atoms with Crippen molar-refractivity contribution in [2.24, 2.45) is 5.73 Å². The van der Waals surface area contributed by atoms with E-state index in [0.29, 0.717) is 6.42 Å². The number of nitrogens with two attached hydrogens (primary N) is 1. The average molecular weight is 297 g/mol. The Morgan fingerprint density at radius 2 is 1.86 bits per heavy atom. The van der Waals surface area contributed by atoms with Gasteiger partial charge in [-0.15, -0.1) is 0 Å². The fourth-order valence-corrected chi connectivity index (χ4v) is 3.31. The molecule has 1 aliphatic rings. The van der Waals surface area contributed by atoms with Crippen LogP contribution in [0.4, 0.5) is 0 Å². The maximum atomic E-state index is 12.1. The van der Waals surface area contributed by atoms with Crippen molar-refractivity contribution < 1.29 is 4.79 Å². The minimum atomic E-state index is -0.247. The summed E-state index contributed by atoms with van der Waals surface area (Å²) in [5.74, 6) is 0.134. The van der Waals surface area contributed by atoms with E-state index in [1.807, 2.05) is 0 Å². The van der Waals surface area contributed by atoms with Gasteiger partial charge in [-0.05, 0) is 52.2 Å². The molecule has 21 heavy (non-hydrogen) atoms. The van der Waals surface area contributed by atoms with E-state index in [4.69, 9.17) is 5.73 Å². The molecule has 0 aliphatic heterocycles. The van der Waals surface area contributed by atoms with Crippen LogP contribution in [0, 0.1) is 0 Å². The Morgan fingerprint density at radius 3 is 2.43 bits per heavy atom. The minimum Gasteiger partial charge on any atom is -0.354 e. The molecule has 0 heterocycles. The molecule has 1 amide bonds. The summed E-state index contributed by atoms with van der Waals surface area (Å²) in [6.45, 7) is 9.82. The normalized spacial score (nSPS) is 19.5. The Balaban J connectivity index is 2.21. The van der Waals surface area contributed by atoms with E-state index < -0.39 is 0 Å². The highest BCUT2D eigenvalue weighted by atomic mass is 16.1. The summed E-state index contributed by atoms with van der Waals surface area (Å²) in [5.41, 5.74) is 6.10. The lowest BCUT2D eigenvalue weighted by molar-refractivity contribution is -0.123. The molecule has 1 atom stereocenters. The molecule has 0 aromatic carbocycles. The molecule has 1 rings (SSSR count). The van der Waals surface area contributed by atoms with E-state index in [9.17, 15) is 4.79 Å². The van der Waals surface area contributed by atoms with Crippen LogP contribution in [0.25, 0.3) is 0 Å². The van der Waals surface area contributed by atoms with Gasteiger partial charge in [0.1, 0.15) is 0 Å². The zero-order chi connectivity index (χ0) is 15.7. The highest BCUT2D eigenvalue weighted by Gasteiger charge is 2.30. The van der Waals surface area contributed by atoms with Crippen molar-refractivity contribution in [2.45, 2.75) is 83.7 Å². The Kier molecular flexibility index (Phi) is 8.27. The molecule has 0 aromatic heterocycles. The van der Waals surface area contributed by atoms with Crippen molar-refractivity contribution in [3.63, 3.8) is 0 Å². The zero-order valence-corrected chi connectivity index (χ0v) is 14.3. The molecule has 0 saturated heterocycles. The van der Waals surface area contributed by atoms with Crippen LogP contribution in [-0.2, 0) is 4.79 Å². The Morgan fingerprint density at radius 1 is 1.24 bits per heavy atom. The summed E-state index contributed by atoms with van der Waals surface area (Å²) in [4.78, 5) is 14.6. The first-order valence-electron chi connectivity index (χ1n) is 8.79. The molecule has 1 aliphatic carbocycles. The summed E-state index contributed by atoms with van der Waals surface area (Å²) in [6, 6.07) is 0.250. The summed E-state index contributed by atoms with van der Waals surface area (Å²) in [5, 5.41) is 3.12. The van der Waals surface area contributed by atoms with E-state index in [-0.39, 0.29) is 17.5 Å². The molecular weight excluding hydrogens is 262 g/mol. The first-order valence-corrected chi connectivity index (χ1v) is 8.79. The second kappa shape index (κ2) is 9.42. The lowest BCUT2D eigenvalue weighted by atomic mass is 9.80. The van der Waals surface area contributed by atoms with Crippen LogP contribution in [0.2, 0.25) is 0 Å². The quantitative estimate of drug-likeness (QED) is 0.688. The van der Waals surface area contributed by atoms with Crippen LogP contribution in [0.1, 0.15) is 72.1 Å². The molecule has 0 aromatic rings. The van der Waals surface area contributed by atoms with E-state index in [1.54, 1.807) is 0 Å². The van der Waals surface area contributed by atoms with Gasteiger partial charge in [-0.2, -0.15) is 0 Å². The van der Waals surface area contributed by atoms with Crippen LogP contribution in [0.5, 0.6) is 0 Å². The van der Waals surface area contributed by atoms with Gasteiger partial charge in [0.2, 0.25) is 5.91 Å². The van der Waals surface area contributed by atoms with Crippen LogP contribution >= 0.6 is 0 Å². The summed E-state index contributed by atoms with van der Waals surface area (Å²) in [7, 11) is 0.